The lowest BCUT2D eigenvalue weighted by Crippen LogP contribution is -2.53. The Hall–Kier alpha value is -3.86. The molecule has 0 saturated heterocycles. The van der Waals surface area contributed by atoms with Crippen LogP contribution in [0.25, 0.3) is 0 Å². The zero-order valence-corrected chi connectivity index (χ0v) is 28.2. The summed E-state index contributed by atoms with van der Waals surface area (Å²) in [5, 5.41) is 3.39. The second-order valence-electron chi connectivity index (χ2n) is 10.1. The number of nitrogens with one attached hydrogen (secondary N) is 1. The molecule has 0 bridgehead atoms. The third-order valence-corrected chi connectivity index (χ3v) is 9.57. The van der Waals surface area contributed by atoms with E-state index in [1.807, 2.05) is 37.3 Å². The van der Waals surface area contributed by atoms with Crippen LogP contribution in [0, 0.1) is 0 Å². The molecule has 11 heteroatoms. The van der Waals surface area contributed by atoms with Gasteiger partial charge in [-0.2, -0.15) is 0 Å². The molecule has 0 radical (unpaired) electrons. The molecule has 0 aliphatic heterocycles. The van der Waals surface area contributed by atoms with Gasteiger partial charge in [-0.25, -0.2) is 8.42 Å². The zero-order chi connectivity index (χ0) is 32.4. The van der Waals surface area contributed by atoms with Gasteiger partial charge in [-0.15, -0.1) is 0 Å². The van der Waals surface area contributed by atoms with Crippen LogP contribution in [-0.4, -0.2) is 50.9 Å². The van der Waals surface area contributed by atoms with Gasteiger partial charge in [0, 0.05) is 29.0 Å². The van der Waals surface area contributed by atoms with Gasteiger partial charge in [0.15, 0.2) is 0 Å². The third kappa shape index (κ3) is 9.09. The summed E-state index contributed by atoms with van der Waals surface area (Å²) in [5.74, 6) is -0.323. The van der Waals surface area contributed by atoms with E-state index in [0.717, 1.165) is 15.4 Å². The molecule has 8 nitrogen and oxygen atoms in total. The van der Waals surface area contributed by atoms with Crippen LogP contribution in [0.2, 0.25) is 5.02 Å². The Morgan fingerprint density at radius 1 is 0.867 bits per heavy atom. The minimum absolute atomic E-state index is 0.0150. The highest BCUT2D eigenvalue weighted by atomic mass is 79.9. The molecule has 0 unspecified atom stereocenters. The minimum atomic E-state index is -4.21. The standard InChI is InChI=1S/C34H35BrClN3O5S/c1-3-37-34(41)32(22-25-8-6-5-7-9-25)38(23-26-10-14-28(36)15-11-26)33(40)24-39(29-16-18-30(19-17-29)44-4-2)45(42,43)31-20-12-27(35)13-21-31/h5-21,32H,3-4,22-24H2,1-2H3,(H,37,41)/t32-/m0/s1. The van der Waals surface area contributed by atoms with Crippen molar-refractivity contribution in [3.8, 4) is 5.75 Å². The number of hydrogen-bond donors (Lipinski definition) is 1. The average Bonchev–Trinajstić information content (AvgIpc) is 3.03. The largest absolute Gasteiger partial charge is 0.494 e. The zero-order valence-electron chi connectivity index (χ0n) is 25.0. The molecule has 0 spiro atoms. The first-order valence-corrected chi connectivity index (χ1v) is 17.1. The molecule has 4 aromatic carbocycles. The SMILES string of the molecule is CCNC(=O)[C@H](Cc1ccccc1)N(Cc1ccc(Cl)cc1)C(=O)CN(c1ccc(OCC)cc1)S(=O)(=O)c1ccc(Br)cc1. The number of halogens is 2. The van der Waals surface area contributed by atoms with Gasteiger partial charge in [0.1, 0.15) is 18.3 Å². The van der Waals surface area contributed by atoms with Gasteiger partial charge in [0.2, 0.25) is 11.8 Å². The molecule has 4 aromatic rings. The first-order valence-electron chi connectivity index (χ1n) is 14.5. The summed E-state index contributed by atoms with van der Waals surface area (Å²) < 4.78 is 35.6. The normalized spacial score (nSPS) is 11.8. The molecule has 236 valence electrons. The van der Waals surface area contributed by atoms with E-state index in [4.69, 9.17) is 16.3 Å². The van der Waals surface area contributed by atoms with Crippen molar-refractivity contribution in [1.29, 1.82) is 0 Å². The topological polar surface area (TPSA) is 96.0 Å². The number of carbonyl (C=O) groups excluding carboxylic acids is 2. The smallest absolute Gasteiger partial charge is 0.264 e. The van der Waals surface area contributed by atoms with Crippen molar-refractivity contribution in [2.75, 3.05) is 24.0 Å². The third-order valence-electron chi connectivity index (χ3n) is 7.00. The first-order chi connectivity index (χ1) is 21.6. The molecule has 4 rings (SSSR count). The van der Waals surface area contributed by atoms with Gasteiger partial charge in [0.25, 0.3) is 10.0 Å². The predicted molar refractivity (Wildman–Crippen MR) is 181 cm³/mol. The lowest BCUT2D eigenvalue weighted by molar-refractivity contribution is -0.140. The molecule has 2 amide bonds. The van der Waals surface area contributed by atoms with Crippen molar-refractivity contribution in [2.45, 2.75) is 37.8 Å². The van der Waals surface area contributed by atoms with Crippen molar-refractivity contribution < 1.29 is 22.7 Å². The summed E-state index contributed by atoms with van der Waals surface area (Å²) in [6.07, 6.45) is 0.231. The van der Waals surface area contributed by atoms with Crippen molar-refractivity contribution in [1.82, 2.24) is 10.2 Å². The van der Waals surface area contributed by atoms with Crippen LogP contribution in [0.4, 0.5) is 5.69 Å². The molecule has 0 aliphatic carbocycles. The monoisotopic (exact) mass is 711 g/mol. The first kappa shape index (κ1) is 34.0. The number of benzene rings is 4. The maximum atomic E-state index is 14.4. The molecule has 0 heterocycles. The number of nitrogens with zero attached hydrogens (tertiary/aromatic N) is 2. The lowest BCUT2D eigenvalue weighted by Gasteiger charge is -2.34. The molecule has 1 atom stereocenters. The molecule has 0 fully saturated rings. The van der Waals surface area contributed by atoms with Crippen molar-refractivity contribution >= 4 is 55.1 Å². The van der Waals surface area contributed by atoms with Crippen molar-refractivity contribution in [2.24, 2.45) is 0 Å². The Labute approximate surface area is 278 Å². The number of rotatable bonds is 14. The summed E-state index contributed by atoms with van der Waals surface area (Å²) in [7, 11) is -4.21. The van der Waals surface area contributed by atoms with E-state index in [9.17, 15) is 18.0 Å². The van der Waals surface area contributed by atoms with Crippen molar-refractivity contribution in [3.05, 3.63) is 124 Å². The fraction of sp³-hybridized carbons (Fsp3) is 0.235. The number of amides is 2. The van der Waals surface area contributed by atoms with Crippen LogP contribution in [-0.2, 0) is 32.6 Å². The van der Waals surface area contributed by atoms with E-state index in [2.05, 4.69) is 21.2 Å². The summed E-state index contributed by atoms with van der Waals surface area (Å²) in [4.78, 5) is 29.4. The quantitative estimate of drug-likeness (QED) is 0.162. The van der Waals surface area contributed by atoms with Gasteiger partial charge in [-0.1, -0.05) is 70.0 Å². The number of likely N-dealkylation sites (N-methyl/N-ethyl adjacent to an activating group) is 1. The summed E-state index contributed by atoms with van der Waals surface area (Å²) in [6.45, 7) is 3.98. The second-order valence-corrected chi connectivity index (χ2v) is 13.4. The molecule has 0 saturated carbocycles. The van der Waals surface area contributed by atoms with Crippen LogP contribution in [0.1, 0.15) is 25.0 Å². The van der Waals surface area contributed by atoms with Gasteiger partial charge >= 0.3 is 0 Å². The average molecular weight is 713 g/mol. The highest BCUT2D eigenvalue weighted by Crippen LogP contribution is 2.28. The Balaban J connectivity index is 1.79. The van der Waals surface area contributed by atoms with Crippen LogP contribution in [0.3, 0.4) is 0 Å². The molecule has 1 N–H and O–H groups in total. The number of ether oxygens (including phenoxy) is 1. The van der Waals surface area contributed by atoms with E-state index in [0.29, 0.717) is 28.4 Å². The van der Waals surface area contributed by atoms with Gasteiger partial charge < -0.3 is 15.0 Å². The van der Waals surface area contributed by atoms with Gasteiger partial charge in [0.05, 0.1) is 17.2 Å². The summed E-state index contributed by atoms with van der Waals surface area (Å²) in [6, 6.07) is 28.2. The Morgan fingerprint density at radius 2 is 1.51 bits per heavy atom. The predicted octanol–water partition coefficient (Wildman–Crippen LogP) is 6.47. The van der Waals surface area contributed by atoms with E-state index in [1.165, 1.54) is 17.0 Å². The van der Waals surface area contributed by atoms with Crippen molar-refractivity contribution in [3.63, 3.8) is 0 Å². The second kappa shape index (κ2) is 15.9. The number of carbonyl (C=O) groups is 2. The van der Waals surface area contributed by atoms with Crippen LogP contribution in [0.5, 0.6) is 5.75 Å². The van der Waals surface area contributed by atoms with Crippen LogP contribution < -0.4 is 14.4 Å². The maximum absolute atomic E-state index is 14.4. The van der Waals surface area contributed by atoms with E-state index in [-0.39, 0.29) is 29.5 Å². The number of sulfonamides is 1. The lowest BCUT2D eigenvalue weighted by atomic mass is 10.0. The highest BCUT2D eigenvalue weighted by Gasteiger charge is 2.34. The number of anilines is 1. The molecule has 45 heavy (non-hydrogen) atoms. The van der Waals surface area contributed by atoms with E-state index in [1.54, 1.807) is 67.6 Å². The van der Waals surface area contributed by atoms with Gasteiger partial charge in [-0.3, -0.25) is 13.9 Å². The van der Waals surface area contributed by atoms with E-state index >= 15 is 0 Å². The Kier molecular flexibility index (Phi) is 12.0. The van der Waals surface area contributed by atoms with Crippen LogP contribution in [0.15, 0.2) is 112 Å². The molecular weight excluding hydrogens is 678 g/mol. The van der Waals surface area contributed by atoms with Crippen LogP contribution >= 0.6 is 27.5 Å². The highest BCUT2D eigenvalue weighted by molar-refractivity contribution is 9.10. The molecule has 0 aliphatic rings. The molecular formula is C34H35BrClN3O5S. The fourth-order valence-corrected chi connectivity index (χ4v) is 6.57. The maximum Gasteiger partial charge on any atom is 0.264 e. The number of hydrogen-bond acceptors (Lipinski definition) is 5. The minimum Gasteiger partial charge on any atom is -0.494 e. The van der Waals surface area contributed by atoms with E-state index < -0.39 is 28.5 Å². The van der Waals surface area contributed by atoms with Gasteiger partial charge in [-0.05, 0) is 85.6 Å². The fourth-order valence-electron chi connectivity index (χ4n) is 4.77. The summed E-state index contributed by atoms with van der Waals surface area (Å²) >= 11 is 9.48. The summed E-state index contributed by atoms with van der Waals surface area (Å²) in [5.41, 5.74) is 1.87. The Morgan fingerprint density at radius 3 is 2.11 bits per heavy atom. The Bertz CT molecular complexity index is 1670. The molecule has 0 aromatic heterocycles.